The van der Waals surface area contributed by atoms with Gasteiger partial charge < -0.3 is 4.90 Å². The quantitative estimate of drug-likeness (QED) is 0.717. The van der Waals surface area contributed by atoms with Gasteiger partial charge in [0, 0.05) is 24.8 Å². The molecule has 0 radical (unpaired) electrons. The number of hydrogen-bond donors (Lipinski definition) is 0. The van der Waals surface area contributed by atoms with Crippen LogP contribution in [0.3, 0.4) is 0 Å². The van der Waals surface area contributed by atoms with Crippen LogP contribution >= 0.6 is 0 Å². The van der Waals surface area contributed by atoms with E-state index in [1.165, 1.54) is 37.4 Å². The van der Waals surface area contributed by atoms with E-state index in [-0.39, 0.29) is 10.8 Å². The fourth-order valence-corrected chi connectivity index (χ4v) is 4.33. The average Bonchev–Trinajstić information content (AvgIpc) is 2.71. The SMILES string of the molecule is CON(C)S(=O)(=O)c1ccc(C(=O)N2CCCc3cc(C(C)C)ccc32)cc1. The first-order valence-corrected chi connectivity index (χ1v) is 10.8. The van der Waals surface area contributed by atoms with Crippen LogP contribution in [0.15, 0.2) is 47.4 Å². The van der Waals surface area contributed by atoms with Crippen molar-refractivity contribution in [2.45, 2.75) is 37.5 Å². The van der Waals surface area contributed by atoms with Crippen molar-refractivity contribution < 1.29 is 18.0 Å². The molecule has 2 aromatic rings. The van der Waals surface area contributed by atoms with Gasteiger partial charge in [-0.3, -0.25) is 9.63 Å². The third-order valence-electron chi connectivity index (χ3n) is 5.13. The Morgan fingerprint density at radius 1 is 1.14 bits per heavy atom. The summed E-state index contributed by atoms with van der Waals surface area (Å²) in [5.41, 5.74) is 3.85. The molecule has 7 heteroatoms. The Morgan fingerprint density at radius 3 is 2.43 bits per heavy atom. The normalized spacial score (nSPS) is 14.4. The largest absolute Gasteiger partial charge is 0.308 e. The zero-order valence-corrected chi connectivity index (χ0v) is 17.5. The molecule has 1 aliphatic heterocycles. The summed E-state index contributed by atoms with van der Waals surface area (Å²) >= 11 is 0. The van der Waals surface area contributed by atoms with E-state index >= 15 is 0 Å². The van der Waals surface area contributed by atoms with Gasteiger partial charge in [0.1, 0.15) is 0 Å². The lowest BCUT2D eigenvalue weighted by molar-refractivity contribution is -0.0258. The number of carbonyl (C=O) groups is 1. The van der Waals surface area contributed by atoms with E-state index in [9.17, 15) is 13.2 Å². The molecule has 0 saturated carbocycles. The van der Waals surface area contributed by atoms with Crippen molar-refractivity contribution in [3.05, 3.63) is 59.2 Å². The monoisotopic (exact) mass is 402 g/mol. The van der Waals surface area contributed by atoms with Crippen LogP contribution in [-0.2, 0) is 21.3 Å². The fraction of sp³-hybridized carbons (Fsp3) is 0.381. The predicted octanol–water partition coefficient (Wildman–Crippen LogP) is 3.58. The Kier molecular flexibility index (Phi) is 5.88. The summed E-state index contributed by atoms with van der Waals surface area (Å²) in [6.45, 7) is 4.97. The third-order valence-corrected chi connectivity index (χ3v) is 6.82. The third kappa shape index (κ3) is 3.83. The summed E-state index contributed by atoms with van der Waals surface area (Å²) in [6.07, 6.45) is 1.87. The predicted molar refractivity (Wildman–Crippen MR) is 109 cm³/mol. The maximum absolute atomic E-state index is 13.1. The van der Waals surface area contributed by atoms with E-state index < -0.39 is 10.0 Å². The van der Waals surface area contributed by atoms with E-state index in [0.717, 1.165) is 23.0 Å². The number of carbonyl (C=O) groups excluding carboxylic acids is 1. The van der Waals surface area contributed by atoms with Gasteiger partial charge in [-0.05, 0) is 60.2 Å². The highest BCUT2D eigenvalue weighted by molar-refractivity contribution is 7.89. The van der Waals surface area contributed by atoms with Crippen molar-refractivity contribution in [2.24, 2.45) is 0 Å². The molecule has 3 rings (SSSR count). The van der Waals surface area contributed by atoms with Crippen LogP contribution in [-0.4, -0.2) is 39.5 Å². The van der Waals surface area contributed by atoms with Gasteiger partial charge in [0.2, 0.25) is 0 Å². The van der Waals surface area contributed by atoms with E-state index in [2.05, 4.69) is 26.0 Å². The van der Waals surface area contributed by atoms with Crippen LogP contribution in [0.5, 0.6) is 0 Å². The molecule has 0 atom stereocenters. The Hall–Kier alpha value is -2.22. The number of aryl methyl sites for hydroxylation is 1. The highest BCUT2D eigenvalue weighted by Crippen LogP contribution is 2.31. The minimum atomic E-state index is -3.73. The Bertz CT molecular complexity index is 968. The van der Waals surface area contributed by atoms with E-state index in [4.69, 9.17) is 4.84 Å². The summed E-state index contributed by atoms with van der Waals surface area (Å²) in [5.74, 6) is 0.318. The number of hydrogen-bond acceptors (Lipinski definition) is 4. The molecule has 1 amide bonds. The molecule has 1 aliphatic rings. The van der Waals surface area contributed by atoms with E-state index in [1.807, 2.05) is 6.07 Å². The smallest absolute Gasteiger partial charge is 0.264 e. The molecule has 6 nitrogen and oxygen atoms in total. The molecule has 150 valence electrons. The van der Waals surface area contributed by atoms with Crippen LogP contribution in [0.2, 0.25) is 0 Å². The molecule has 0 aliphatic carbocycles. The van der Waals surface area contributed by atoms with Crippen molar-refractivity contribution >= 4 is 21.6 Å². The second-order valence-electron chi connectivity index (χ2n) is 7.22. The van der Waals surface area contributed by atoms with Crippen LogP contribution in [0.1, 0.15) is 47.7 Å². The molecule has 0 bridgehead atoms. The molecule has 0 aromatic heterocycles. The molecule has 0 saturated heterocycles. The lowest BCUT2D eigenvalue weighted by atomic mass is 9.94. The number of benzene rings is 2. The molecular weight excluding hydrogens is 376 g/mol. The van der Waals surface area contributed by atoms with Gasteiger partial charge in [-0.1, -0.05) is 30.4 Å². The summed E-state index contributed by atoms with van der Waals surface area (Å²) in [7, 11) is -1.12. The zero-order chi connectivity index (χ0) is 20.5. The summed E-state index contributed by atoms with van der Waals surface area (Å²) < 4.78 is 25.4. The molecule has 0 N–H and O–H groups in total. The fourth-order valence-electron chi connectivity index (χ4n) is 3.36. The van der Waals surface area contributed by atoms with Crippen molar-refractivity contribution in [3.8, 4) is 0 Å². The number of amides is 1. The Balaban J connectivity index is 1.88. The molecule has 1 heterocycles. The molecule has 0 unspecified atom stereocenters. The van der Waals surface area contributed by atoms with Gasteiger partial charge in [0.05, 0.1) is 12.0 Å². The highest BCUT2D eigenvalue weighted by Gasteiger charge is 2.25. The van der Waals surface area contributed by atoms with Crippen LogP contribution in [0.4, 0.5) is 5.69 Å². The van der Waals surface area contributed by atoms with Crippen LogP contribution in [0, 0.1) is 0 Å². The number of rotatable bonds is 5. The lowest BCUT2D eigenvalue weighted by Gasteiger charge is -2.30. The van der Waals surface area contributed by atoms with E-state index in [1.54, 1.807) is 17.0 Å². The average molecular weight is 403 g/mol. The van der Waals surface area contributed by atoms with E-state index in [0.29, 0.717) is 18.0 Å². The second-order valence-corrected chi connectivity index (χ2v) is 9.16. The molecule has 0 spiro atoms. The van der Waals surface area contributed by atoms with Gasteiger partial charge >= 0.3 is 0 Å². The molecule has 28 heavy (non-hydrogen) atoms. The van der Waals surface area contributed by atoms with Crippen LogP contribution in [0.25, 0.3) is 0 Å². The van der Waals surface area contributed by atoms with Crippen LogP contribution < -0.4 is 4.90 Å². The number of anilines is 1. The van der Waals surface area contributed by atoms with Crippen molar-refractivity contribution in [1.29, 1.82) is 0 Å². The second kappa shape index (κ2) is 8.03. The van der Waals surface area contributed by atoms with Crippen molar-refractivity contribution in [3.63, 3.8) is 0 Å². The standard InChI is InChI=1S/C21H26N2O4S/c1-15(2)17-9-12-20-18(14-17)6-5-13-23(20)21(24)16-7-10-19(11-8-16)28(25,26)22(3)27-4/h7-12,14-15H,5-6,13H2,1-4H3. The summed E-state index contributed by atoms with van der Waals surface area (Å²) in [4.78, 5) is 19.7. The first kappa shape index (κ1) is 20.5. The van der Waals surface area contributed by atoms with Gasteiger partial charge in [-0.15, -0.1) is 0 Å². The number of nitrogens with zero attached hydrogens (tertiary/aromatic N) is 2. The number of fused-ring (bicyclic) bond motifs is 1. The van der Waals surface area contributed by atoms with Gasteiger partial charge in [0.25, 0.3) is 15.9 Å². The number of sulfonamides is 1. The van der Waals surface area contributed by atoms with Gasteiger partial charge in [-0.25, -0.2) is 8.42 Å². The Labute approximate surface area is 166 Å². The first-order chi connectivity index (χ1) is 13.3. The van der Waals surface area contributed by atoms with Gasteiger partial charge in [-0.2, -0.15) is 0 Å². The minimum absolute atomic E-state index is 0.0778. The molecular formula is C21H26N2O4S. The first-order valence-electron chi connectivity index (χ1n) is 9.33. The van der Waals surface area contributed by atoms with Gasteiger partial charge in [0.15, 0.2) is 0 Å². The lowest BCUT2D eigenvalue weighted by Crippen LogP contribution is -2.35. The molecule has 0 fully saturated rings. The zero-order valence-electron chi connectivity index (χ0n) is 16.7. The van der Waals surface area contributed by atoms with Crippen molar-refractivity contribution in [1.82, 2.24) is 4.47 Å². The van der Waals surface area contributed by atoms with Crippen molar-refractivity contribution in [2.75, 3.05) is 25.6 Å². The maximum atomic E-state index is 13.1. The molecule has 2 aromatic carbocycles. The number of hydroxylamine groups is 1. The summed E-state index contributed by atoms with van der Waals surface area (Å²) in [5, 5.41) is 0. The maximum Gasteiger partial charge on any atom is 0.264 e. The summed E-state index contributed by atoms with van der Waals surface area (Å²) in [6, 6.07) is 12.3. The highest BCUT2D eigenvalue weighted by atomic mass is 32.2. The minimum Gasteiger partial charge on any atom is -0.308 e. The topological polar surface area (TPSA) is 66.9 Å². The Morgan fingerprint density at radius 2 is 1.82 bits per heavy atom.